The van der Waals surface area contributed by atoms with Gasteiger partial charge in [0.15, 0.2) is 0 Å². The average molecular weight is 276 g/mol. The van der Waals surface area contributed by atoms with Crippen molar-refractivity contribution in [3.63, 3.8) is 0 Å². The first-order valence-electron chi connectivity index (χ1n) is 5.98. The molecule has 0 rings (SSSR count). The molecule has 0 radical (unpaired) electrons. The average Bonchev–Trinajstić information content (AvgIpc) is 2.34. The highest BCUT2D eigenvalue weighted by molar-refractivity contribution is 8.04. The Hall–Kier alpha value is -1.17. The van der Waals surface area contributed by atoms with Gasteiger partial charge in [0.25, 0.3) is 0 Å². The summed E-state index contributed by atoms with van der Waals surface area (Å²) in [6.45, 7) is 5.62. The molecule has 0 bridgehead atoms. The lowest BCUT2D eigenvalue weighted by Gasteiger charge is -2.08. The van der Waals surface area contributed by atoms with Crippen LogP contribution < -0.4 is 0 Å². The molecule has 0 aliphatic rings. The van der Waals surface area contributed by atoms with Crippen molar-refractivity contribution < 1.29 is 24.2 Å². The molecule has 0 aliphatic heterocycles. The van der Waals surface area contributed by atoms with E-state index in [0.717, 1.165) is 24.6 Å². The van der Waals surface area contributed by atoms with Crippen LogP contribution in [0.1, 0.15) is 33.6 Å². The first-order valence-corrected chi connectivity index (χ1v) is 6.97. The largest absolute Gasteiger partial charge is 0.501 e. The van der Waals surface area contributed by atoms with Gasteiger partial charge in [0.2, 0.25) is 5.76 Å². The number of aliphatic hydroxyl groups excluding tert-OH is 1. The Morgan fingerprint density at radius 1 is 1.06 bits per heavy atom. The molecule has 1 N–H and O–H groups in total. The molecule has 0 spiro atoms. The highest BCUT2D eigenvalue weighted by atomic mass is 32.2. The third-order valence-corrected chi connectivity index (χ3v) is 3.03. The van der Waals surface area contributed by atoms with Crippen molar-refractivity contribution in [3.05, 3.63) is 10.7 Å². The predicted molar refractivity (Wildman–Crippen MR) is 70.3 cm³/mol. The van der Waals surface area contributed by atoms with Gasteiger partial charge in [-0.25, -0.2) is 9.59 Å². The summed E-state index contributed by atoms with van der Waals surface area (Å²) in [6.07, 6.45) is 1.84. The highest BCUT2D eigenvalue weighted by Gasteiger charge is 2.23. The van der Waals surface area contributed by atoms with Crippen molar-refractivity contribution in [2.45, 2.75) is 33.6 Å². The van der Waals surface area contributed by atoms with E-state index < -0.39 is 17.7 Å². The molecule has 0 saturated carbocycles. The molecule has 0 aromatic rings. The van der Waals surface area contributed by atoms with Crippen molar-refractivity contribution in [1.82, 2.24) is 0 Å². The van der Waals surface area contributed by atoms with Gasteiger partial charge in [-0.3, -0.25) is 0 Å². The molecule has 6 heteroatoms. The van der Waals surface area contributed by atoms with E-state index in [1.807, 2.05) is 6.92 Å². The molecule has 0 aromatic carbocycles. The van der Waals surface area contributed by atoms with Crippen LogP contribution in [-0.4, -0.2) is 36.0 Å². The minimum absolute atomic E-state index is 0.0799. The summed E-state index contributed by atoms with van der Waals surface area (Å²) >= 11 is 1.11. The third kappa shape index (κ3) is 5.95. The van der Waals surface area contributed by atoms with E-state index in [4.69, 9.17) is 4.74 Å². The van der Waals surface area contributed by atoms with Gasteiger partial charge in [-0.15, -0.1) is 11.8 Å². The Kier molecular flexibility index (Phi) is 9.18. The Labute approximate surface area is 112 Å². The zero-order chi connectivity index (χ0) is 14.0. The maximum atomic E-state index is 11.6. The Bertz CT molecular complexity index is 312. The van der Waals surface area contributed by atoms with Crippen LogP contribution >= 0.6 is 11.8 Å². The molecule has 0 aromatic heterocycles. The first kappa shape index (κ1) is 16.8. The topological polar surface area (TPSA) is 72.8 Å². The fourth-order valence-corrected chi connectivity index (χ4v) is 2.07. The highest BCUT2D eigenvalue weighted by Crippen LogP contribution is 2.22. The molecule has 18 heavy (non-hydrogen) atoms. The van der Waals surface area contributed by atoms with Crippen molar-refractivity contribution in [2.24, 2.45) is 0 Å². The van der Waals surface area contributed by atoms with Crippen LogP contribution in [0.5, 0.6) is 0 Å². The minimum Gasteiger partial charge on any atom is -0.501 e. The summed E-state index contributed by atoms with van der Waals surface area (Å²) in [6, 6.07) is 0. The Morgan fingerprint density at radius 2 is 1.61 bits per heavy atom. The van der Waals surface area contributed by atoms with Crippen LogP contribution in [0.15, 0.2) is 10.7 Å². The molecule has 0 amide bonds. The predicted octanol–water partition coefficient (Wildman–Crippen LogP) is 2.42. The molecule has 0 saturated heterocycles. The maximum absolute atomic E-state index is 11.6. The summed E-state index contributed by atoms with van der Waals surface area (Å²) < 4.78 is 9.45. The summed E-state index contributed by atoms with van der Waals surface area (Å²) in [5, 5.41) is 9.69. The summed E-state index contributed by atoms with van der Waals surface area (Å²) in [4.78, 5) is 22.9. The van der Waals surface area contributed by atoms with Gasteiger partial charge in [0.1, 0.15) is 4.91 Å². The lowest BCUT2D eigenvalue weighted by molar-refractivity contribution is -0.143. The molecule has 0 fully saturated rings. The fraction of sp³-hybridized carbons (Fsp3) is 0.667. The van der Waals surface area contributed by atoms with Gasteiger partial charge < -0.3 is 14.6 Å². The summed E-state index contributed by atoms with van der Waals surface area (Å²) in [7, 11) is 0. The van der Waals surface area contributed by atoms with Crippen LogP contribution in [0.2, 0.25) is 0 Å². The van der Waals surface area contributed by atoms with Gasteiger partial charge >= 0.3 is 11.9 Å². The van der Waals surface area contributed by atoms with E-state index in [2.05, 4.69) is 4.74 Å². The van der Waals surface area contributed by atoms with E-state index in [-0.39, 0.29) is 18.1 Å². The lowest BCUT2D eigenvalue weighted by Crippen LogP contribution is -2.15. The van der Waals surface area contributed by atoms with Crippen LogP contribution in [-0.2, 0) is 19.1 Å². The molecule has 104 valence electrons. The van der Waals surface area contributed by atoms with Crippen molar-refractivity contribution in [1.29, 1.82) is 0 Å². The van der Waals surface area contributed by atoms with Crippen LogP contribution in [0.3, 0.4) is 0 Å². The van der Waals surface area contributed by atoms with E-state index >= 15 is 0 Å². The van der Waals surface area contributed by atoms with Gasteiger partial charge in [-0.05, 0) is 26.0 Å². The van der Waals surface area contributed by atoms with Crippen LogP contribution in [0.4, 0.5) is 0 Å². The molecule has 5 nitrogen and oxygen atoms in total. The normalized spacial score (nSPS) is 11.7. The number of carbonyl (C=O) groups excluding carboxylic acids is 2. The Morgan fingerprint density at radius 3 is 2.11 bits per heavy atom. The van der Waals surface area contributed by atoms with Gasteiger partial charge in [-0.1, -0.05) is 13.3 Å². The van der Waals surface area contributed by atoms with Crippen molar-refractivity contribution in [3.8, 4) is 0 Å². The fourth-order valence-electron chi connectivity index (χ4n) is 1.03. The third-order valence-electron chi connectivity index (χ3n) is 1.89. The van der Waals surface area contributed by atoms with E-state index in [9.17, 15) is 14.7 Å². The molecule has 0 heterocycles. The second-order valence-electron chi connectivity index (χ2n) is 3.32. The SMILES string of the molecule is CCCCS/C(C(=O)OCC)=C(/O)C(=O)OCC. The Balaban J connectivity index is 4.86. The zero-order valence-corrected chi connectivity index (χ0v) is 11.8. The van der Waals surface area contributed by atoms with Crippen LogP contribution in [0.25, 0.3) is 0 Å². The quantitative estimate of drug-likeness (QED) is 0.318. The number of unbranched alkanes of at least 4 members (excludes halogenated alkanes) is 1. The number of hydrogen-bond donors (Lipinski definition) is 1. The van der Waals surface area contributed by atoms with Gasteiger partial charge in [0.05, 0.1) is 13.2 Å². The molecule has 0 unspecified atom stereocenters. The van der Waals surface area contributed by atoms with Crippen molar-refractivity contribution in [2.75, 3.05) is 19.0 Å². The van der Waals surface area contributed by atoms with E-state index in [0.29, 0.717) is 5.75 Å². The summed E-state index contributed by atoms with van der Waals surface area (Å²) in [5.41, 5.74) is 0. The monoisotopic (exact) mass is 276 g/mol. The number of rotatable bonds is 8. The number of thioether (sulfide) groups is 1. The molecular formula is C12H20O5S. The lowest BCUT2D eigenvalue weighted by atomic mass is 10.4. The standard InChI is InChI=1S/C12H20O5S/c1-4-7-8-18-10(12(15)17-6-3)9(13)11(14)16-5-2/h13H,4-8H2,1-3H3/b10-9+. The van der Waals surface area contributed by atoms with Crippen molar-refractivity contribution >= 4 is 23.7 Å². The summed E-state index contributed by atoms with van der Waals surface area (Å²) in [5.74, 6) is -1.63. The van der Waals surface area contributed by atoms with Gasteiger partial charge in [0, 0.05) is 0 Å². The second kappa shape index (κ2) is 9.82. The van der Waals surface area contributed by atoms with Crippen LogP contribution in [0, 0.1) is 0 Å². The van der Waals surface area contributed by atoms with E-state index in [1.165, 1.54) is 0 Å². The second-order valence-corrected chi connectivity index (χ2v) is 4.43. The molecule has 0 atom stereocenters. The molecular weight excluding hydrogens is 256 g/mol. The number of aliphatic hydroxyl groups is 1. The van der Waals surface area contributed by atoms with E-state index in [1.54, 1.807) is 13.8 Å². The van der Waals surface area contributed by atoms with Gasteiger partial charge in [-0.2, -0.15) is 0 Å². The maximum Gasteiger partial charge on any atom is 0.374 e. The zero-order valence-electron chi connectivity index (χ0n) is 11.0. The smallest absolute Gasteiger partial charge is 0.374 e. The number of esters is 2. The first-order chi connectivity index (χ1) is 8.58. The number of carbonyl (C=O) groups is 2. The number of ether oxygens (including phenoxy) is 2. The number of hydrogen-bond acceptors (Lipinski definition) is 6. The molecule has 0 aliphatic carbocycles. The minimum atomic E-state index is -0.899.